The maximum Gasteiger partial charge on any atom is 0.134 e. The number of morpholine rings is 1. The SMILES string of the molecule is Cl.O=C([O-])NCCN1CCOCC1. The Bertz CT molecular complexity index is 151. The van der Waals surface area contributed by atoms with E-state index >= 15 is 0 Å². The average molecular weight is 210 g/mol. The molecule has 1 aliphatic heterocycles. The van der Waals surface area contributed by atoms with Crippen molar-refractivity contribution in [2.45, 2.75) is 0 Å². The fourth-order valence-electron chi connectivity index (χ4n) is 1.14. The highest BCUT2D eigenvalue weighted by Gasteiger charge is 2.08. The van der Waals surface area contributed by atoms with E-state index in [4.69, 9.17) is 4.74 Å². The van der Waals surface area contributed by atoms with Crippen LogP contribution in [-0.4, -0.2) is 50.4 Å². The largest absolute Gasteiger partial charge is 0.530 e. The molecule has 0 aliphatic carbocycles. The average Bonchev–Trinajstić information content (AvgIpc) is 2.05. The summed E-state index contributed by atoms with van der Waals surface area (Å²) in [6.45, 7) is 4.42. The van der Waals surface area contributed by atoms with Crippen molar-refractivity contribution in [3.63, 3.8) is 0 Å². The molecule has 1 amide bonds. The molecule has 1 rings (SSSR count). The van der Waals surface area contributed by atoms with E-state index in [9.17, 15) is 9.90 Å². The van der Waals surface area contributed by atoms with Crippen LogP contribution in [0.15, 0.2) is 0 Å². The lowest BCUT2D eigenvalue weighted by atomic mass is 10.4. The van der Waals surface area contributed by atoms with Gasteiger partial charge in [-0.3, -0.25) is 4.90 Å². The second-order valence-corrected chi connectivity index (χ2v) is 2.67. The lowest BCUT2D eigenvalue weighted by molar-refractivity contribution is -0.250. The van der Waals surface area contributed by atoms with E-state index < -0.39 is 6.09 Å². The van der Waals surface area contributed by atoms with Crippen LogP contribution in [0.5, 0.6) is 0 Å². The summed E-state index contributed by atoms with van der Waals surface area (Å²) in [6.07, 6.45) is -1.21. The molecule has 0 saturated carbocycles. The maximum absolute atomic E-state index is 9.98. The zero-order valence-electron chi connectivity index (χ0n) is 7.32. The van der Waals surface area contributed by atoms with E-state index in [1.165, 1.54) is 0 Å². The van der Waals surface area contributed by atoms with Gasteiger partial charge in [-0.1, -0.05) is 0 Å². The predicted molar refractivity (Wildman–Crippen MR) is 47.9 cm³/mol. The standard InChI is InChI=1S/C7H14N2O3.ClH/c10-7(11)8-1-2-9-3-5-12-6-4-9;/h8H,1-6H2,(H,10,11);1H/p-1. The molecule has 0 bridgehead atoms. The Labute approximate surface area is 83.5 Å². The quantitative estimate of drug-likeness (QED) is 0.626. The molecule has 1 saturated heterocycles. The summed E-state index contributed by atoms with van der Waals surface area (Å²) < 4.78 is 5.14. The molecule has 5 nitrogen and oxygen atoms in total. The molecule has 0 aromatic carbocycles. The van der Waals surface area contributed by atoms with Gasteiger partial charge in [0.25, 0.3) is 0 Å². The molecular weight excluding hydrogens is 196 g/mol. The summed E-state index contributed by atoms with van der Waals surface area (Å²) in [7, 11) is 0. The summed E-state index contributed by atoms with van der Waals surface area (Å²) in [4.78, 5) is 12.1. The van der Waals surface area contributed by atoms with E-state index in [0.29, 0.717) is 6.54 Å². The van der Waals surface area contributed by atoms with Crippen LogP contribution in [0.1, 0.15) is 0 Å². The summed E-state index contributed by atoms with van der Waals surface area (Å²) in [5, 5.41) is 12.2. The molecule has 1 fully saturated rings. The van der Waals surface area contributed by atoms with Gasteiger partial charge >= 0.3 is 0 Å². The molecule has 0 atom stereocenters. The minimum Gasteiger partial charge on any atom is -0.530 e. The molecule has 1 N–H and O–H groups in total. The number of carboxylic acid groups (broad SMARTS) is 1. The summed E-state index contributed by atoms with van der Waals surface area (Å²) in [5.74, 6) is 0. The molecule has 13 heavy (non-hydrogen) atoms. The minimum absolute atomic E-state index is 0. The van der Waals surface area contributed by atoms with Crippen molar-refractivity contribution in [2.75, 3.05) is 39.4 Å². The van der Waals surface area contributed by atoms with E-state index in [-0.39, 0.29) is 12.4 Å². The molecular formula is C7H14ClN2O3-. The van der Waals surface area contributed by atoms with Gasteiger partial charge in [0, 0.05) is 26.2 Å². The normalized spacial score (nSPS) is 17.5. The Morgan fingerprint density at radius 3 is 2.62 bits per heavy atom. The predicted octanol–water partition coefficient (Wildman–Crippen LogP) is -1.33. The number of nitrogens with one attached hydrogen (secondary N) is 1. The first-order valence-electron chi connectivity index (χ1n) is 4.04. The van der Waals surface area contributed by atoms with Crippen molar-refractivity contribution in [1.82, 2.24) is 10.2 Å². The number of ether oxygens (including phenoxy) is 1. The third-order valence-corrected chi connectivity index (χ3v) is 1.80. The monoisotopic (exact) mass is 209 g/mol. The third-order valence-electron chi connectivity index (χ3n) is 1.80. The number of rotatable bonds is 3. The third kappa shape index (κ3) is 5.68. The van der Waals surface area contributed by atoms with Crippen LogP contribution in [0, 0.1) is 0 Å². The number of nitrogens with zero attached hydrogens (tertiary/aromatic N) is 1. The van der Waals surface area contributed by atoms with Gasteiger partial charge in [0.15, 0.2) is 0 Å². The van der Waals surface area contributed by atoms with Crippen LogP contribution in [0.4, 0.5) is 4.79 Å². The molecule has 0 radical (unpaired) electrons. The molecule has 6 heteroatoms. The van der Waals surface area contributed by atoms with Crippen LogP contribution in [-0.2, 0) is 4.74 Å². The molecule has 1 aliphatic rings. The summed E-state index contributed by atoms with van der Waals surface area (Å²) in [5.41, 5.74) is 0. The number of carbonyl (C=O) groups excluding carboxylic acids is 1. The molecule has 0 spiro atoms. The highest BCUT2D eigenvalue weighted by atomic mass is 35.5. The zero-order chi connectivity index (χ0) is 8.81. The first-order chi connectivity index (χ1) is 5.79. The topological polar surface area (TPSA) is 64.6 Å². The van der Waals surface area contributed by atoms with Crippen molar-refractivity contribution in [1.29, 1.82) is 0 Å². The van der Waals surface area contributed by atoms with Gasteiger partial charge in [-0.15, -0.1) is 12.4 Å². The fourth-order valence-corrected chi connectivity index (χ4v) is 1.14. The fraction of sp³-hybridized carbons (Fsp3) is 0.857. The van der Waals surface area contributed by atoms with Gasteiger partial charge < -0.3 is 20.0 Å². The lowest BCUT2D eigenvalue weighted by Crippen LogP contribution is -2.44. The highest BCUT2D eigenvalue weighted by Crippen LogP contribution is 1.94. The first-order valence-corrected chi connectivity index (χ1v) is 4.04. The lowest BCUT2D eigenvalue weighted by Gasteiger charge is -2.26. The van der Waals surface area contributed by atoms with Gasteiger partial charge in [0.2, 0.25) is 0 Å². The summed E-state index contributed by atoms with van der Waals surface area (Å²) in [6, 6.07) is 0. The van der Waals surface area contributed by atoms with Gasteiger partial charge in [0.05, 0.1) is 13.2 Å². The molecule has 1 heterocycles. The Hall–Kier alpha value is -0.520. The van der Waals surface area contributed by atoms with Crippen molar-refractivity contribution in [3.05, 3.63) is 0 Å². The van der Waals surface area contributed by atoms with Crippen LogP contribution in [0.25, 0.3) is 0 Å². The van der Waals surface area contributed by atoms with E-state index in [1.54, 1.807) is 0 Å². The van der Waals surface area contributed by atoms with Gasteiger partial charge in [0.1, 0.15) is 6.09 Å². The number of hydrogen-bond donors (Lipinski definition) is 1. The van der Waals surface area contributed by atoms with Crippen LogP contribution in [0.3, 0.4) is 0 Å². The Balaban J connectivity index is 0.00000144. The number of carbonyl (C=O) groups is 1. The first kappa shape index (κ1) is 12.5. The van der Waals surface area contributed by atoms with Crippen LogP contribution < -0.4 is 10.4 Å². The van der Waals surface area contributed by atoms with Crippen molar-refractivity contribution in [3.8, 4) is 0 Å². The highest BCUT2D eigenvalue weighted by molar-refractivity contribution is 5.85. The second kappa shape index (κ2) is 6.94. The smallest absolute Gasteiger partial charge is 0.134 e. The van der Waals surface area contributed by atoms with Crippen LogP contribution >= 0.6 is 12.4 Å². The number of halogens is 1. The number of hydrogen-bond acceptors (Lipinski definition) is 4. The van der Waals surface area contributed by atoms with Crippen molar-refractivity contribution >= 4 is 18.5 Å². The van der Waals surface area contributed by atoms with Crippen molar-refractivity contribution in [2.24, 2.45) is 0 Å². The van der Waals surface area contributed by atoms with Crippen molar-refractivity contribution < 1.29 is 14.6 Å². The number of amides is 1. The van der Waals surface area contributed by atoms with E-state index in [1.807, 2.05) is 0 Å². The molecule has 0 unspecified atom stereocenters. The molecule has 0 aromatic rings. The Kier molecular flexibility index (Phi) is 6.66. The Morgan fingerprint density at radius 1 is 1.46 bits per heavy atom. The zero-order valence-corrected chi connectivity index (χ0v) is 8.14. The maximum atomic E-state index is 9.98. The van der Waals surface area contributed by atoms with Gasteiger partial charge in [-0.25, -0.2) is 0 Å². The van der Waals surface area contributed by atoms with Gasteiger partial charge in [-0.2, -0.15) is 0 Å². The minimum atomic E-state index is -1.21. The van der Waals surface area contributed by atoms with E-state index in [2.05, 4.69) is 10.2 Å². The second-order valence-electron chi connectivity index (χ2n) is 2.67. The van der Waals surface area contributed by atoms with Crippen LogP contribution in [0.2, 0.25) is 0 Å². The van der Waals surface area contributed by atoms with Gasteiger partial charge in [-0.05, 0) is 0 Å². The molecule has 0 aromatic heterocycles. The summed E-state index contributed by atoms with van der Waals surface area (Å²) >= 11 is 0. The van der Waals surface area contributed by atoms with E-state index in [0.717, 1.165) is 32.8 Å². The molecule has 78 valence electrons. The Morgan fingerprint density at radius 2 is 2.08 bits per heavy atom.